The third-order valence-electron chi connectivity index (χ3n) is 3.79. The minimum absolute atomic E-state index is 0.172. The molecule has 0 radical (unpaired) electrons. The second-order valence-electron chi connectivity index (χ2n) is 5.58. The molecular weight excluding hydrogens is 262 g/mol. The summed E-state index contributed by atoms with van der Waals surface area (Å²) in [6.07, 6.45) is 2.78. The van der Waals surface area contributed by atoms with Gasteiger partial charge in [0.1, 0.15) is 0 Å². The zero-order valence-electron chi connectivity index (χ0n) is 11.9. The summed E-state index contributed by atoms with van der Waals surface area (Å²) in [5.74, 6) is 2.47. The molecule has 0 aliphatic carbocycles. The van der Waals surface area contributed by atoms with Crippen LogP contribution in [0, 0.1) is 17.8 Å². The van der Waals surface area contributed by atoms with Crippen LogP contribution in [0.2, 0.25) is 0 Å². The Bertz CT molecular complexity index is 301. The lowest BCUT2D eigenvalue weighted by atomic mass is 9.88. The molecule has 2 atom stereocenters. The van der Waals surface area contributed by atoms with Crippen molar-refractivity contribution in [3.8, 4) is 0 Å². The zero-order chi connectivity index (χ0) is 14.3. The van der Waals surface area contributed by atoms with Crippen molar-refractivity contribution < 1.29 is 14.7 Å². The Morgan fingerprint density at radius 2 is 2.11 bits per heavy atom. The Balaban J connectivity index is 2.23. The lowest BCUT2D eigenvalue weighted by Crippen LogP contribution is -2.32. The third kappa shape index (κ3) is 6.32. The minimum atomic E-state index is -0.738. The third-order valence-corrected chi connectivity index (χ3v) is 4.95. The van der Waals surface area contributed by atoms with Gasteiger partial charge in [0.25, 0.3) is 0 Å². The van der Waals surface area contributed by atoms with Gasteiger partial charge in [-0.2, -0.15) is 11.8 Å². The first kappa shape index (κ1) is 16.3. The van der Waals surface area contributed by atoms with Crippen LogP contribution in [0.3, 0.4) is 0 Å². The topological polar surface area (TPSA) is 66.4 Å². The van der Waals surface area contributed by atoms with Gasteiger partial charge in [0.05, 0.1) is 0 Å². The first-order chi connectivity index (χ1) is 9.00. The molecular formula is C14H25NO3S. The summed E-state index contributed by atoms with van der Waals surface area (Å²) in [5.41, 5.74) is 0. The van der Waals surface area contributed by atoms with Crippen LogP contribution in [0.1, 0.15) is 39.5 Å². The van der Waals surface area contributed by atoms with Crippen LogP contribution in [0.5, 0.6) is 0 Å². The van der Waals surface area contributed by atoms with Crippen LogP contribution in [-0.4, -0.2) is 35.0 Å². The standard InChI is InChI=1S/C14H25NO3S/c1-10(2)11(3-4-13(16)17)5-7-15-14(18)12-6-8-19-9-12/h10-12H,3-9H2,1-2H3,(H,15,18)(H,16,17). The lowest BCUT2D eigenvalue weighted by Gasteiger charge is -2.20. The van der Waals surface area contributed by atoms with Crippen molar-refractivity contribution in [3.05, 3.63) is 0 Å². The molecule has 4 nitrogen and oxygen atoms in total. The predicted molar refractivity (Wildman–Crippen MR) is 78.3 cm³/mol. The zero-order valence-corrected chi connectivity index (χ0v) is 12.7. The molecule has 2 unspecified atom stereocenters. The van der Waals surface area contributed by atoms with Crippen LogP contribution < -0.4 is 5.32 Å². The van der Waals surface area contributed by atoms with E-state index in [1.54, 1.807) is 0 Å². The van der Waals surface area contributed by atoms with Crippen LogP contribution in [0.25, 0.3) is 0 Å². The van der Waals surface area contributed by atoms with Gasteiger partial charge in [0, 0.05) is 24.6 Å². The summed E-state index contributed by atoms with van der Waals surface area (Å²) in [4.78, 5) is 22.5. The summed E-state index contributed by atoms with van der Waals surface area (Å²) in [6, 6.07) is 0. The SMILES string of the molecule is CC(C)C(CCNC(=O)C1CCSC1)CCC(=O)O. The number of carboxylic acid groups (broad SMARTS) is 1. The van der Waals surface area contributed by atoms with Crippen LogP contribution in [0.4, 0.5) is 0 Å². The molecule has 0 bridgehead atoms. The van der Waals surface area contributed by atoms with Gasteiger partial charge in [-0.05, 0) is 36.9 Å². The Kier molecular flexibility index (Phi) is 7.28. The van der Waals surface area contributed by atoms with Gasteiger partial charge in [-0.1, -0.05) is 13.8 Å². The number of carbonyl (C=O) groups excluding carboxylic acids is 1. The average Bonchev–Trinajstić information content (AvgIpc) is 2.86. The van der Waals surface area contributed by atoms with Gasteiger partial charge in [-0.15, -0.1) is 0 Å². The highest BCUT2D eigenvalue weighted by atomic mass is 32.2. The van der Waals surface area contributed by atoms with E-state index in [-0.39, 0.29) is 18.2 Å². The van der Waals surface area contributed by atoms with Gasteiger partial charge in [-0.25, -0.2) is 0 Å². The summed E-state index contributed by atoms with van der Waals surface area (Å²) < 4.78 is 0. The number of hydrogen-bond donors (Lipinski definition) is 2. The largest absolute Gasteiger partial charge is 0.481 e. The summed E-state index contributed by atoms with van der Waals surface area (Å²) in [6.45, 7) is 4.90. The first-order valence-corrected chi connectivity index (χ1v) is 8.23. The van der Waals surface area contributed by atoms with Crippen LogP contribution >= 0.6 is 11.8 Å². The van der Waals surface area contributed by atoms with E-state index in [1.165, 1.54) is 0 Å². The maximum atomic E-state index is 11.8. The molecule has 2 N–H and O–H groups in total. The van der Waals surface area contributed by atoms with Gasteiger partial charge >= 0.3 is 5.97 Å². The van der Waals surface area contributed by atoms with Crippen molar-refractivity contribution in [2.45, 2.75) is 39.5 Å². The highest BCUT2D eigenvalue weighted by Gasteiger charge is 2.23. The van der Waals surface area contributed by atoms with Gasteiger partial charge < -0.3 is 10.4 Å². The minimum Gasteiger partial charge on any atom is -0.481 e. The Morgan fingerprint density at radius 1 is 1.37 bits per heavy atom. The molecule has 19 heavy (non-hydrogen) atoms. The molecule has 0 spiro atoms. The number of carboxylic acids is 1. The maximum absolute atomic E-state index is 11.8. The molecule has 0 aromatic carbocycles. The maximum Gasteiger partial charge on any atom is 0.303 e. The van der Waals surface area contributed by atoms with Crippen molar-refractivity contribution >= 4 is 23.6 Å². The normalized spacial score (nSPS) is 20.5. The van der Waals surface area contributed by atoms with E-state index in [4.69, 9.17) is 5.11 Å². The quantitative estimate of drug-likeness (QED) is 0.719. The van der Waals surface area contributed by atoms with Crippen molar-refractivity contribution in [2.24, 2.45) is 17.8 Å². The highest BCUT2D eigenvalue weighted by molar-refractivity contribution is 7.99. The molecule has 1 heterocycles. The Labute approximate surface area is 119 Å². The van der Waals surface area contributed by atoms with Gasteiger partial charge in [-0.3, -0.25) is 9.59 Å². The van der Waals surface area contributed by atoms with E-state index in [2.05, 4.69) is 19.2 Å². The van der Waals surface area contributed by atoms with E-state index < -0.39 is 5.97 Å². The molecule has 1 rings (SSSR count). The second kappa shape index (κ2) is 8.46. The van der Waals surface area contributed by atoms with Crippen LogP contribution in [-0.2, 0) is 9.59 Å². The fourth-order valence-electron chi connectivity index (χ4n) is 2.39. The monoisotopic (exact) mass is 287 g/mol. The molecule has 1 aliphatic heterocycles. The molecule has 1 aliphatic rings. The molecule has 110 valence electrons. The van der Waals surface area contributed by atoms with Crippen molar-refractivity contribution in [2.75, 3.05) is 18.1 Å². The van der Waals surface area contributed by atoms with Crippen molar-refractivity contribution in [1.82, 2.24) is 5.32 Å². The first-order valence-electron chi connectivity index (χ1n) is 7.08. The molecule has 5 heteroatoms. The van der Waals surface area contributed by atoms with Crippen molar-refractivity contribution in [3.63, 3.8) is 0 Å². The predicted octanol–water partition coefficient (Wildman–Crippen LogP) is 2.38. The summed E-state index contributed by atoms with van der Waals surface area (Å²) >= 11 is 1.84. The molecule has 0 aromatic heterocycles. The molecule has 1 amide bonds. The number of nitrogens with one attached hydrogen (secondary N) is 1. The number of aliphatic carboxylic acids is 1. The van der Waals surface area contributed by atoms with E-state index in [9.17, 15) is 9.59 Å². The summed E-state index contributed by atoms with van der Waals surface area (Å²) in [7, 11) is 0. The summed E-state index contributed by atoms with van der Waals surface area (Å²) in [5, 5.41) is 11.7. The molecule has 1 fully saturated rings. The molecule has 1 saturated heterocycles. The highest BCUT2D eigenvalue weighted by Crippen LogP contribution is 2.24. The molecule has 0 aromatic rings. The molecule has 0 saturated carbocycles. The number of amides is 1. The van der Waals surface area contributed by atoms with Crippen LogP contribution in [0.15, 0.2) is 0 Å². The Hall–Kier alpha value is -0.710. The van der Waals surface area contributed by atoms with E-state index >= 15 is 0 Å². The number of thioether (sulfide) groups is 1. The number of carbonyl (C=O) groups is 2. The van der Waals surface area contributed by atoms with E-state index in [0.717, 1.165) is 24.3 Å². The second-order valence-corrected chi connectivity index (χ2v) is 6.73. The smallest absolute Gasteiger partial charge is 0.303 e. The van der Waals surface area contributed by atoms with Gasteiger partial charge in [0.15, 0.2) is 0 Å². The van der Waals surface area contributed by atoms with Crippen molar-refractivity contribution in [1.29, 1.82) is 0 Å². The van der Waals surface area contributed by atoms with E-state index in [1.807, 2.05) is 11.8 Å². The van der Waals surface area contributed by atoms with Gasteiger partial charge in [0.2, 0.25) is 5.91 Å². The lowest BCUT2D eigenvalue weighted by molar-refractivity contribution is -0.137. The fraction of sp³-hybridized carbons (Fsp3) is 0.857. The average molecular weight is 287 g/mol. The number of rotatable bonds is 8. The fourth-order valence-corrected chi connectivity index (χ4v) is 3.61. The van der Waals surface area contributed by atoms with E-state index in [0.29, 0.717) is 24.8 Å². The number of hydrogen-bond acceptors (Lipinski definition) is 3. The Morgan fingerprint density at radius 3 is 2.63 bits per heavy atom.